The molecule has 0 amide bonds. The number of rotatable bonds is 0. The second-order valence-corrected chi connectivity index (χ2v) is 4.16. The fourth-order valence-corrected chi connectivity index (χ4v) is 1.84. The van der Waals surface area contributed by atoms with Gasteiger partial charge in [-0.2, -0.15) is 0 Å². The number of H-pyrrole nitrogens is 1. The van der Waals surface area contributed by atoms with Crippen LogP contribution in [0.3, 0.4) is 0 Å². The fourth-order valence-electron chi connectivity index (χ4n) is 1.12. The van der Waals surface area contributed by atoms with Crippen LogP contribution in [0.25, 0.3) is 11.2 Å². The predicted molar refractivity (Wildman–Crippen MR) is 64.0 cm³/mol. The van der Waals surface area contributed by atoms with Crippen LogP contribution >= 0.6 is 37.5 Å². The third kappa shape index (κ3) is 1.53. The Balaban J connectivity index is 2.98. The minimum Gasteiger partial charge on any atom is -0.328 e. The second-order valence-electron chi connectivity index (χ2n) is 2.86. The minimum atomic E-state index is 0.533. The van der Waals surface area contributed by atoms with E-state index < -0.39 is 0 Å². The molecule has 0 aliphatic rings. The normalized spacial score (nSPS) is 10.8. The number of thiol groups is 2. The molecule has 2 aromatic heterocycles. The number of aryl methyl sites for hydroxylation is 1. The van der Waals surface area contributed by atoms with E-state index in [0.29, 0.717) is 25.6 Å². The fraction of sp³-hybridized carbons (Fsp3) is 0.125. The van der Waals surface area contributed by atoms with E-state index >= 15 is 0 Å². The van der Waals surface area contributed by atoms with E-state index in [0.717, 1.165) is 5.69 Å². The summed E-state index contributed by atoms with van der Waals surface area (Å²) in [6, 6.07) is 0. The number of hydrogen-bond donors (Lipinski definition) is 3. The van der Waals surface area contributed by atoms with E-state index in [1.54, 1.807) is 6.20 Å². The highest BCUT2D eigenvalue weighted by Gasteiger charge is 2.06. The molecule has 0 fully saturated rings. The molecule has 0 unspecified atom stereocenters. The van der Waals surface area contributed by atoms with Crippen molar-refractivity contribution in [1.82, 2.24) is 15.0 Å². The lowest BCUT2D eigenvalue weighted by atomic mass is 10.4. The first-order valence-corrected chi connectivity index (χ1v) is 5.17. The summed E-state index contributed by atoms with van der Waals surface area (Å²) in [6.45, 7) is 1.87. The number of hydrogen-bond acceptors (Lipinski definition) is 5. The van der Waals surface area contributed by atoms with Gasteiger partial charge in [0.25, 0.3) is 0 Å². The van der Waals surface area contributed by atoms with Crippen LogP contribution in [0, 0.1) is 11.6 Å². The zero-order chi connectivity index (χ0) is 10.3. The molecule has 2 aromatic rings. The molecule has 0 saturated carbocycles. The van der Waals surface area contributed by atoms with Gasteiger partial charge in [0.2, 0.25) is 0 Å². The third-order valence-corrected chi connectivity index (χ3v) is 3.31. The Morgan fingerprint density at radius 1 is 1.36 bits per heavy atom. The number of nitrogens with zero attached hydrogens (tertiary/aromatic N) is 2. The summed E-state index contributed by atoms with van der Waals surface area (Å²) in [5.41, 5.74) is 2.18. The van der Waals surface area contributed by atoms with Crippen molar-refractivity contribution < 1.29 is 0 Å². The average molecular weight is 241 g/mol. The van der Waals surface area contributed by atoms with Crippen molar-refractivity contribution in [3.8, 4) is 0 Å². The van der Waals surface area contributed by atoms with Crippen LogP contribution in [0.4, 0.5) is 0 Å². The standard InChI is InChI=1S/C8H7N3S3/c1-3-2-9-4-5(12)6(13)8(14)11-7(4)10-3/h2,13H,1H3,(H2,10,11,12,14). The largest absolute Gasteiger partial charge is 0.328 e. The number of pyridine rings is 1. The van der Waals surface area contributed by atoms with Gasteiger partial charge in [-0.3, -0.25) is 0 Å². The summed E-state index contributed by atoms with van der Waals surface area (Å²) in [5.74, 6) is 0. The summed E-state index contributed by atoms with van der Waals surface area (Å²) < 4.78 is 0.533. The van der Waals surface area contributed by atoms with Gasteiger partial charge in [0.1, 0.15) is 10.2 Å². The third-order valence-electron chi connectivity index (χ3n) is 1.79. The Bertz CT molecular complexity index is 561. The first-order chi connectivity index (χ1) is 6.59. The highest BCUT2D eigenvalue weighted by molar-refractivity contribution is 7.84. The first kappa shape index (κ1) is 9.95. The highest BCUT2D eigenvalue weighted by atomic mass is 32.1. The number of aromatic amines is 1. The topological polar surface area (TPSA) is 41.6 Å². The second kappa shape index (κ2) is 3.52. The molecule has 2 rings (SSSR count). The van der Waals surface area contributed by atoms with Gasteiger partial charge in [-0.1, -0.05) is 12.2 Å². The smallest absolute Gasteiger partial charge is 0.158 e. The van der Waals surface area contributed by atoms with Gasteiger partial charge in [-0.15, -0.1) is 25.3 Å². The van der Waals surface area contributed by atoms with Crippen LogP contribution in [-0.2, 0) is 0 Å². The molecule has 1 N–H and O–H groups in total. The van der Waals surface area contributed by atoms with Crippen LogP contribution in [0.1, 0.15) is 5.69 Å². The van der Waals surface area contributed by atoms with E-state index in [2.05, 4.69) is 40.2 Å². The Labute approximate surface area is 96.8 Å². The predicted octanol–water partition coefficient (Wildman–Crippen LogP) is 2.57. The lowest BCUT2D eigenvalue weighted by Gasteiger charge is -2.03. The molecule has 72 valence electrons. The van der Waals surface area contributed by atoms with Crippen molar-refractivity contribution in [2.75, 3.05) is 0 Å². The molecule has 0 aliphatic heterocycles. The lowest BCUT2D eigenvalue weighted by molar-refractivity contribution is 1.08. The SMILES string of the molecule is Cc1cnc2c(S)c(S)c(=S)[nH]c2n1. The summed E-state index contributed by atoms with van der Waals surface area (Å²) in [5, 5.41) is 0. The molecular weight excluding hydrogens is 234 g/mol. The van der Waals surface area contributed by atoms with Crippen molar-refractivity contribution in [1.29, 1.82) is 0 Å². The van der Waals surface area contributed by atoms with Gasteiger partial charge in [0.15, 0.2) is 5.65 Å². The Morgan fingerprint density at radius 3 is 2.79 bits per heavy atom. The highest BCUT2D eigenvalue weighted by Crippen LogP contribution is 2.24. The molecule has 6 heteroatoms. The van der Waals surface area contributed by atoms with Gasteiger partial charge >= 0.3 is 0 Å². The molecule has 0 aromatic carbocycles. The van der Waals surface area contributed by atoms with Crippen LogP contribution in [0.2, 0.25) is 0 Å². The van der Waals surface area contributed by atoms with Crippen LogP contribution in [0.15, 0.2) is 16.0 Å². The first-order valence-electron chi connectivity index (χ1n) is 3.87. The summed E-state index contributed by atoms with van der Waals surface area (Å²) in [7, 11) is 0. The molecule has 2 heterocycles. The molecule has 14 heavy (non-hydrogen) atoms. The maximum absolute atomic E-state index is 5.06. The van der Waals surface area contributed by atoms with Gasteiger partial charge in [0, 0.05) is 6.20 Å². The van der Waals surface area contributed by atoms with Crippen molar-refractivity contribution >= 4 is 48.6 Å². The van der Waals surface area contributed by atoms with E-state index in [9.17, 15) is 0 Å². The molecular formula is C8H7N3S3. The molecule has 0 saturated heterocycles. The van der Waals surface area contributed by atoms with E-state index in [1.807, 2.05) is 6.92 Å². The Hall–Kier alpha value is -0.590. The van der Waals surface area contributed by atoms with Crippen LogP contribution < -0.4 is 0 Å². The maximum atomic E-state index is 5.06. The molecule has 0 atom stereocenters. The van der Waals surface area contributed by atoms with Crippen LogP contribution in [0.5, 0.6) is 0 Å². The zero-order valence-electron chi connectivity index (χ0n) is 7.27. The molecule has 0 bridgehead atoms. The molecule has 0 aliphatic carbocycles. The van der Waals surface area contributed by atoms with E-state index in [4.69, 9.17) is 12.2 Å². The van der Waals surface area contributed by atoms with Gasteiger partial charge < -0.3 is 4.98 Å². The lowest BCUT2D eigenvalue weighted by Crippen LogP contribution is -1.93. The summed E-state index contributed by atoms with van der Waals surface area (Å²) in [4.78, 5) is 12.7. The molecule has 0 radical (unpaired) electrons. The van der Waals surface area contributed by atoms with E-state index in [1.165, 1.54) is 0 Å². The van der Waals surface area contributed by atoms with Crippen LogP contribution in [-0.4, -0.2) is 15.0 Å². The van der Waals surface area contributed by atoms with E-state index in [-0.39, 0.29) is 0 Å². The van der Waals surface area contributed by atoms with Gasteiger partial charge in [-0.05, 0) is 6.92 Å². The van der Waals surface area contributed by atoms with Crippen molar-refractivity contribution in [2.45, 2.75) is 16.7 Å². The number of nitrogens with one attached hydrogen (secondary N) is 1. The Kier molecular flexibility index (Phi) is 2.50. The maximum Gasteiger partial charge on any atom is 0.158 e. The number of fused-ring (bicyclic) bond motifs is 1. The van der Waals surface area contributed by atoms with Gasteiger partial charge in [0.05, 0.1) is 15.5 Å². The van der Waals surface area contributed by atoms with Crippen molar-refractivity contribution in [2.24, 2.45) is 0 Å². The quantitative estimate of drug-likeness (QED) is 0.490. The van der Waals surface area contributed by atoms with Gasteiger partial charge in [-0.25, -0.2) is 9.97 Å². The Morgan fingerprint density at radius 2 is 2.07 bits per heavy atom. The number of aromatic nitrogens is 3. The summed E-state index contributed by atoms with van der Waals surface area (Å²) >= 11 is 13.6. The molecule has 3 nitrogen and oxygen atoms in total. The van der Waals surface area contributed by atoms with Crippen molar-refractivity contribution in [3.63, 3.8) is 0 Å². The summed E-state index contributed by atoms with van der Waals surface area (Å²) in [6.07, 6.45) is 1.69. The monoisotopic (exact) mass is 241 g/mol. The minimum absolute atomic E-state index is 0.533. The molecule has 0 spiro atoms. The zero-order valence-corrected chi connectivity index (χ0v) is 9.88. The van der Waals surface area contributed by atoms with Crippen molar-refractivity contribution in [3.05, 3.63) is 16.5 Å². The average Bonchev–Trinajstić information content (AvgIpc) is 2.14.